The maximum absolute atomic E-state index is 12.5. The molecule has 0 aromatic carbocycles. The van der Waals surface area contributed by atoms with Crippen LogP contribution in [-0.2, 0) is 9.47 Å². The van der Waals surface area contributed by atoms with E-state index in [2.05, 4.69) is 31.1 Å². The van der Waals surface area contributed by atoms with Crippen LogP contribution in [0.5, 0.6) is 0 Å². The zero-order chi connectivity index (χ0) is 18.1. The summed E-state index contributed by atoms with van der Waals surface area (Å²) < 4.78 is 11.2. The Bertz CT molecular complexity index is 493. The molecule has 0 radical (unpaired) electrons. The number of hydrogen-bond donors (Lipinski definition) is 1. The van der Waals surface area contributed by atoms with Gasteiger partial charge in [0.05, 0.1) is 18.8 Å². The normalized spacial score (nSPS) is 22.3. The fraction of sp³-hybridized carbons (Fsp3) is 0.824. The van der Waals surface area contributed by atoms with Crippen LogP contribution in [-0.4, -0.2) is 54.3 Å². The minimum Gasteiger partial charge on any atom is -0.444 e. The number of nitrogens with zero attached hydrogens (tertiary/aromatic N) is 1. The van der Waals surface area contributed by atoms with Crippen LogP contribution in [0.15, 0.2) is 0 Å². The van der Waals surface area contributed by atoms with Gasteiger partial charge in [-0.3, -0.25) is 4.90 Å². The van der Waals surface area contributed by atoms with E-state index in [1.165, 1.54) is 4.90 Å². The van der Waals surface area contributed by atoms with Crippen LogP contribution in [0.1, 0.15) is 41.0 Å². The molecule has 1 aliphatic heterocycles. The van der Waals surface area contributed by atoms with Gasteiger partial charge < -0.3 is 14.6 Å². The highest BCUT2D eigenvalue weighted by Crippen LogP contribution is 2.31. The van der Waals surface area contributed by atoms with Gasteiger partial charge in [-0.2, -0.15) is 0 Å². The van der Waals surface area contributed by atoms with E-state index in [0.29, 0.717) is 6.42 Å². The van der Waals surface area contributed by atoms with Crippen molar-refractivity contribution in [2.45, 2.75) is 84.2 Å². The molecule has 1 aliphatic rings. The molecule has 2 atom stereocenters. The van der Waals surface area contributed by atoms with Gasteiger partial charge in [0.15, 0.2) is 0 Å². The average molecular weight is 342 g/mol. The van der Waals surface area contributed by atoms with Crippen molar-refractivity contribution >= 4 is 14.2 Å². The second-order valence-corrected chi connectivity index (χ2v) is 13.2. The lowest BCUT2D eigenvalue weighted by Gasteiger charge is -2.36. The molecule has 0 bridgehead atoms. The molecule has 0 spiro atoms. The number of carbonyl (C=O) groups excluding carboxylic acids is 1. The van der Waals surface area contributed by atoms with E-state index in [-0.39, 0.29) is 6.61 Å². The Labute approximate surface area is 141 Å². The largest absolute Gasteiger partial charge is 0.444 e. The van der Waals surface area contributed by atoms with Crippen LogP contribution in [0.25, 0.3) is 0 Å². The van der Waals surface area contributed by atoms with Crippen LogP contribution in [0.3, 0.4) is 0 Å². The van der Waals surface area contributed by atoms with E-state index in [1.807, 2.05) is 20.8 Å². The van der Waals surface area contributed by atoms with E-state index in [4.69, 9.17) is 9.47 Å². The summed E-state index contributed by atoms with van der Waals surface area (Å²) >= 11 is 0. The van der Waals surface area contributed by atoms with Crippen LogP contribution in [0.2, 0.25) is 19.6 Å². The van der Waals surface area contributed by atoms with Crippen molar-refractivity contribution in [3.8, 4) is 11.5 Å². The van der Waals surface area contributed by atoms with Crippen molar-refractivity contribution in [3.63, 3.8) is 0 Å². The van der Waals surface area contributed by atoms with Crippen molar-refractivity contribution in [1.29, 1.82) is 0 Å². The number of rotatable bonds is 2. The van der Waals surface area contributed by atoms with Gasteiger partial charge in [-0.15, -0.1) is 11.5 Å². The molecular formula is C17H31NO4Si. The Morgan fingerprint density at radius 3 is 2.48 bits per heavy atom. The summed E-state index contributed by atoms with van der Waals surface area (Å²) in [6, 6.07) is -0.448. The highest BCUT2D eigenvalue weighted by atomic mass is 28.3. The summed E-state index contributed by atoms with van der Waals surface area (Å²) in [5, 5.41) is 10.5. The van der Waals surface area contributed by atoms with Crippen molar-refractivity contribution < 1.29 is 19.4 Å². The Hall–Kier alpha value is -1.03. The zero-order valence-corrected chi connectivity index (χ0v) is 16.7. The number of aliphatic hydroxyl groups excluding tert-OH is 1. The van der Waals surface area contributed by atoms with Gasteiger partial charge in [-0.25, -0.2) is 4.79 Å². The quantitative estimate of drug-likeness (QED) is 0.620. The molecule has 0 aromatic rings. The van der Waals surface area contributed by atoms with Gasteiger partial charge in [-0.05, 0) is 34.6 Å². The molecule has 5 nitrogen and oxygen atoms in total. The maximum atomic E-state index is 12.5. The van der Waals surface area contributed by atoms with Crippen molar-refractivity contribution in [2.75, 3.05) is 6.61 Å². The molecule has 1 saturated heterocycles. The molecule has 0 aliphatic carbocycles. The zero-order valence-electron chi connectivity index (χ0n) is 15.7. The minimum absolute atomic E-state index is 0.280. The van der Waals surface area contributed by atoms with Crippen LogP contribution in [0, 0.1) is 11.5 Å². The van der Waals surface area contributed by atoms with E-state index in [9.17, 15) is 9.90 Å². The van der Waals surface area contributed by atoms with E-state index in [0.717, 1.165) is 0 Å². The predicted molar refractivity (Wildman–Crippen MR) is 93.6 cm³/mol. The summed E-state index contributed by atoms with van der Waals surface area (Å²) in [4.78, 5) is 14.0. The van der Waals surface area contributed by atoms with Crippen LogP contribution >= 0.6 is 0 Å². The summed E-state index contributed by atoms with van der Waals surface area (Å²) in [5.74, 6) is 3.06. The lowest BCUT2D eigenvalue weighted by molar-refractivity contribution is -0.0675. The number of carbonyl (C=O) groups is 1. The van der Waals surface area contributed by atoms with Gasteiger partial charge in [0, 0.05) is 6.42 Å². The van der Waals surface area contributed by atoms with Crippen molar-refractivity contribution in [2.24, 2.45) is 0 Å². The number of hydrogen-bond acceptors (Lipinski definition) is 4. The van der Waals surface area contributed by atoms with Gasteiger partial charge in [0.25, 0.3) is 0 Å². The topological polar surface area (TPSA) is 59.0 Å². The third kappa shape index (κ3) is 6.17. The van der Waals surface area contributed by atoms with Gasteiger partial charge >= 0.3 is 6.09 Å². The molecule has 1 N–H and O–H groups in total. The smallest absolute Gasteiger partial charge is 0.412 e. The standard InChI is InChI=1S/C17H31NO4Si/c1-16(2,3)22-15(20)18-13(12-21-17(18,4)5)14(19)10-9-11-23(6,7)8/h13-14,19H,10,12H2,1-8H3/t13-,14-/m1/s1. The molecule has 1 heterocycles. The van der Waals surface area contributed by atoms with E-state index < -0.39 is 37.6 Å². The molecule has 0 saturated carbocycles. The molecule has 6 heteroatoms. The lowest BCUT2D eigenvalue weighted by atomic mass is 10.1. The summed E-state index contributed by atoms with van der Waals surface area (Å²) in [6.45, 7) is 15.8. The first kappa shape index (κ1) is 20.0. The molecule has 1 fully saturated rings. The van der Waals surface area contributed by atoms with E-state index >= 15 is 0 Å². The lowest BCUT2D eigenvalue weighted by Crippen LogP contribution is -2.53. The van der Waals surface area contributed by atoms with Crippen LogP contribution in [0.4, 0.5) is 4.79 Å². The monoisotopic (exact) mass is 341 g/mol. The first-order valence-electron chi connectivity index (χ1n) is 8.07. The first-order valence-corrected chi connectivity index (χ1v) is 11.6. The minimum atomic E-state index is -1.47. The molecular weight excluding hydrogens is 310 g/mol. The third-order valence-corrected chi connectivity index (χ3v) is 4.25. The third-order valence-electron chi connectivity index (χ3n) is 3.33. The van der Waals surface area contributed by atoms with Crippen LogP contribution < -0.4 is 0 Å². The highest BCUT2D eigenvalue weighted by Gasteiger charge is 2.48. The Balaban J connectivity index is 2.87. The Morgan fingerprint density at radius 1 is 1.43 bits per heavy atom. The molecule has 1 rings (SSSR count). The number of aliphatic hydroxyl groups is 1. The summed E-state index contributed by atoms with van der Waals surface area (Å²) in [7, 11) is -1.47. The maximum Gasteiger partial charge on any atom is 0.412 e. The van der Waals surface area contributed by atoms with Crippen molar-refractivity contribution in [3.05, 3.63) is 0 Å². The molecule has 0 aromatic heterocycles. The van der Waals surface area contributed by atoms with Gasteiger partial charge in [-0.1, -0.05) is 19.6 Å². The van der Waals surface area contributed by atoms with Gasteiger partial charge in [0.2, 0.25) is 0 Å². The summed E-state index contributed by atoms with van der Waals surface area (Å²) in [6.07, 6.45) is -0.899. The van der Waals surface area contributed by atoms with Gasteiger partial charge in [0.1, 0.15) is 19.4 Å². The second-order valence-electron chi connectivity index (χ2n) is 8.50. The average Bonchev–Trinajstić information content (AvgIpc) is 2.60. The molecule has 1 amide bonds. The van der Waals surface area contributed by atoms with E-state index in [1.54, 1.807) is 13.8 Å². The van der Waals surface area contributed by atoms with Crippen molar-refractivity contribution in [1.82, 2.24) is 4.90 Å². The SMILES string of the molecule is CC(C)(C)OC(=O)N1[C@@H]([C@H](O)CC#C[Si](C)(C)C)COC1(C)C. The molecule has 23 heavy (non-hydrogen) atoms. The number of ether oxygens (including phenoxy) is 2. The second kappa shape index (κ2) is 6.84. The summed E-state index contributed by atoms with van der Waals surface area (Å²) in [5.41, 5.74) is 1.83. The molecule has 132 valence electrons. The predicted octanol–water partition coefficient (Wildman–Crippen LogP) is 2.99. The fourth-order valence-electron chi connectivity index (χ4n) is 2.34. The highest BCUT2D eigenvalue weighted by molar-refractivity contribution is 6.83. The molecule has 0 unspecified atom stereocenters. The Kier molecular flexibility index (Phi) is 5.95. The fourth-order valence-corrected chi connectivity index (χ4v) is 2.97. The first-order chi connectivity index (χ1) is 10.2. The Morgan fingerprint density at radius 2 is 2.00 bits per heavy atom. The number of amides is 1.